The summed E-state index contributed by atoms with van der Waals surface area (Å²) in [5, 5.41) is 14.2. The van der Waals surface area contributed by atoms with Crippen molar-refractivity contribution in [1.82, 2.24) is 5.32 Å². The highest BCUT2D eigenvalue weighted by Gasteiger charge is 2.05. The van der Waals surface area contributed by atoms with Crippen LogP contribution >= 0.6 is 35.0 Å². The third kappa shape index (κ3) is 5.11. The topological polar surface area (TPSA) is 32.3 Å². The summed E-state index contributed by atoms with van der Waals surface area (Å²) in [6.07, 6.45) is 0. The van der Waals surface area contributed by atoms with E-state index >= 15 is 0 Å². The molecule has 0 heterocycles. The second-order valence-corrected chi connectivity index (χ2v) is 6.67. The molecule has 0 spiro atoms. The summed E-state index contributed by atoms with van der Waals surface area (Å²) in [5.41, 5.74) is 1.15. The molecule has 2 aromatic rings. The maximum absolute atomic E-state index is 9.28. The fourth-order valence-electron chi connectivity index (χ4n) is 1.91. The van der Waals surface area contributed by atoms with Crippen molar-refractivity contribution in [3.63, 3.8) is 0 Å². The van der Waals surface area contributed by atoms with Crippen LogP contribution in [0.3, 0.4) is 0 Å². The quantitative estimate of drug-likeness (QED) is 0.563. The van der Waals surface area contributed by atoms with Crippen LogP contribution in [0.2, 0.25) is 10.0 Å². The number of aromatic hydroxyl groups is 1. The van der Waals surface area contributed by atoms with E-state index in [0.717, 1.165) is 27.8 Å². The highest BCUT2D eigenvalue weighted by atomic mass is 35.5. The van der Waals surface area contributed by atoms with Gasteiger partial charge in [-0.15, -0.1) is 11.8 Å². The normalized spacial score (nSPS) is 12.3. The zero-order valence-electron chi connectivity index (χ0n) is 11.6. The molecule has 2 aromatic carbocycles. The standard InChI is InChI=1S/C16H17Cl2NOS/c1-11(12-2-5-14(20)6-3-12)19-8-9-21-16-10-13(17)4-7-15(16)18/h2-7,10-11,19-20H,8-9H2,1H3. The molecule has 2 nitrogen and oxygen atoms in total. The Bertz CT molecular complexity index is 589. The number of hydrogen-bond donors (Lipinski definition) is 2. The molecular weight excluding hydrogens is 325 g/mol. The molecule has 0 aliphatic rings. The lowest BCUT2D eigenvalue weighted by molar-refractivity contribution is 0.474. The largest absolute Gasteiger partial charge is 0.508 e. The highest BCUT2D eigenvalue weighted by molar-refractivity contribution is 7.99. The van der Waals surface area contributed by atoms with Crippen molar-refractivity contribution >= 4 is 35.0 Å². The van der Waals surface area contributed by atoms with E-state index < -0.39 is 0 Å². The van der Waals surface area contributed by atoms with Crippen molar-refractivity contribution in [3.8, 4) is 5.75 Å². The summed E-state index contributed by atoms with van der Waals surface area (Å²) >= 11 is 13.8. The monoisotopic (exact) mass is 341 g/mol. The van der Waals surface area contributed by atoms with Gasteiger partial charge in [-0.2, -0.15) is 0 Å². The summed E-state index contributed by atoms with van der Waals surface area (Å²) in [6.45, 7) is 2.96. The molecule has 0 aromatic heterocycles. The molecular formula is C16H17Cl2NOS. The number of benzene rings is 2. The van der Waals surface area contributed by atoms with Crippen molar-refractivity contribution in [2.75, 3.05) is 12.3 Å². The first kappa shape index (κ1) is 16.5. The minimum absolute atomic E-state index is 0.237. The molecule has 2 rings (SSSR count). The molecule has 0 saturated heterocycles. The third-order valence-corrected chi connectivity index (χ3v) is 4.83. The van der Waals surface area contributed by atoms with Crippen LogP contribution in [0.25, 0.3) is 0 Å². The molecule has 21 heavy (non-hydrogen) atoms. The summed E-state index contributed by atoms with van der Waals surface area (Å²) in [6, 6.07) is 13.0. The number of phenolic OH excluding ortho intramolecular Hbond substituents is 1. The van der Waals surface area contributed by atoms with Crippen LogP contribution in [-0.2, 0) is 0 Å². The van der Waals surface area contributed by atoms with Gasteiger partial charge >= 0.3 is 0 Å². The summed E-state index contributed by atoms with van der Waals surface area (Å²) in [5.74, 6) is 1.19. The van der Waals surface area contributed by atoms with Crippen molar-refractivity contribution in [2.24, 2.45) is 0 Å². The van der Waals surface area contributed by atoms with Crippen molar-refractivity contribution in [1.29, 1.82) is 0 Å². The first-order chi connectivity index (χ1) is 10.1. The minimum atomic E-state index is 0.237. The molecule has 0 radical (unpaired) electrons. The molecule has 5 heteroatoms. The van der Waals surface area contributed by atoms with Crippen LogP contribution in [-0.4, -0.2) is 17.4 Å². The van der Waals surface area contributed by atoms with Gasteiger partial charge in [-0.3, -0.25) is 0 Å². The zero-order valence-corrected chi connectivity index (χ0v) is 14.0. The van der Waals surface area contributed by atoms with E-state index in [1.165, 1.54) is 0 Å². The first-order valence-corrected chi connectivity index (χ1v) is 8.40. The fraction of sp³-hybridized carbons (Fsp3) is 0.250. The van der Waals surface area contributed by atoms with E-state index in [-0.39, 0.29) is 11.8 Å². The predicted molar refractivity (Wildman–Crippen MR) is 91.7 cm³/mol. The molecule has 0 aliphatic carbocycles. The van der Waals surface area contributed by atoms with E-state index in [1.54, 1.807) is 30.0 Å². The van der Waals surface area contributed by atoms with Gasteiger partial charge in [0.05, 0.1) is 5.02 Å². The number of hydrogen-bond acceptors (Lipinski definition) is 3. The smallest absolute Gasteiger partial charge is 0.115 e. The Labute approximate surface area is 139 Å². The lowest BCUT2D eigenvalue weighted by atomic mass is 10.1. The molecule has 2 N–H and O–H groups in total. The molecule has 112 valence electrons. The van der Waals surface area contributed by atoms with Gasteiger partial charge < -0.3 is 10.4 Å². The maximum Gasteiger partial charge on any atom is 0.115 e. The molecule has 1 unspecified atom stereocenters. The van der Waals surface area contributed by atoms with Gasteiger partial charge in [0.25, 0.3) is 0 Å². The Morgan fingerprint density at radius 1 is 1.14 bits per heavy atom. The van der Waals surface area contributed by atoms with E-state index in [2.05, 4.69) is 12.2 Å². The average Bonchev–Trinajstić information content (AvgIpc) is 2.47. The Morgan fingerprint density at radius 2 is 1.86 bits per heavy atom. The van der Waals surface area contributed by atoms with Gasteiger partial charge in [0, 0.05) is 28.3 Å². The highest BCUT2D eigenvalue weighted by Crippen LogP contribution is 2.29. The zero-order chi connectivity index (χ0) is 15.2. The summed E-state index contributed by atoms with van der Waals surface area (Å²) in [4.78, 5) is 1.00. The van der Waals surface area contributed by atoms with Gasteiger partial charge in [0.1, 0.15) is 5.75 Å². The summed E-state index contributed by atoms with van der Waals surface area (Å²) in [7, 11) is 0. The van der Waals surface area contributed by atoms with Gasteiger partial charge in [-0.05, 0) is 42.8 Å². The number of nitrogens with one attached hydrogen (secondary N) is 1. The van der Waals surface area contributed by atoms with Crippen LogP contribution in [0.15, 0.2) is 47.4 Å². The third-order valence-electron chi connectivity index (χ3n) is 3.10. The van der Waals surface area contributed by atoms with E-state index in [9.17, 15) is 5.11 Å². The predicted octanol–water partition coefficient (Wildman–Crippen LogP) is 5.14. The first-order valence-electron chi connectivity index (χ1n) is 6.66. The van der Waals surface area contributed by atoms with Crippen molar-refractivity contribution in [2.45, 2.75) is 17.9 Å². The molecule has 0 fully saturated rings. The second-order valence-electron chi connectivity index (χ2n) is 4.69. The Hall–Kier alpha value is -0.870. The number of thioether (sulfide) groups is 1. The number of rotatable bonds is 6. The minimum Gasteiger partial charge on any atom is -0.508 e. The van der Waals surface area contributed by atoms with Crippen LogP contribution in [0.5, 0.6) is 5.75 Å². The Balaban J connectivity index is 1.79. The number of phenols is 1. The molecule has 0 aliphatic heterocycles. The fourth-order valence-corrected chi connectivity index (χ4v) is 3.28. The van der Waals surface area contributed by atoms with Gasteiger partial charge in [-0.1, -0.05) is 35.3 Å². The molecule has 0 saturated carbocycles. The van der Waals surface area contributed by atoms with Gasteiger partial charge in [0.15, 0.2) is 0 Å². The lowest BCUT2D eigenvalue weighted by Gasteiger charge is -2.14. The van der Waals surface area contributed by atoms with Crippen molar-refractivity contribution < 1.29 is 5.11 Å². The van der Waals surface area contributed by atoms with Crippen LogP contribution < -0.4 is 5.32 Å². The van der Waals surface area contributed by atoms with Gasteiger partial charge in [0.2, 0.25) is 0 Å². The average molecular weight is 342 g/mol. The number of halogens is 2. The molecule has 0 bridgehead atoms. The van der Waals surface area contributed by atoms with Crippen molar-refractivity contribution in [3.05, 3.63) is 58.1 Å². The van der Waals surface area contributed by atoms with E-state index in [1.807, 2.05) is 24.3 Å². The van der Waals surface area contributed by atoms with Crippen LogP contribution in [0.1, 0.15) is 18.5 Å². The second kappa shape index (κ2) is 7.95. The SMILES string of the molecule is CC(NCCSc1cc(Cl)ccc1Cl)c1ccc(O)cc1. The van der Waals surface area contributed by atoms with Crippen LogP contribution in [0, 0.1) is 0 Å². The van der Waals surface area contributed by atoms with E-state index in [0.29, 0.717) is 5.02 Å². The Morgan fingerprint density at radius 3 is 2.57 bits per heavy atom. The Kier molecular flexibility index (Phi) is 6.24. The lowest BCUT2D eigenvalue weighted by Crippen LogP contribution is -2.21. The van der Waals surface area contributed by atoms with Crippen LogP contribution in [0.4, 0.5) is 0 Å². The van der Waals surface area contributed by atoms with Gasteiger partial charge in [-0.25, -0.2) is 0 Å². The van der Waals surface area contributed by atoms with E-state index in [4.69, 9.17) is 23.2 Å². The molecule has 0 amide bonds. The summed E-state index contributed by atoms with van der Waals surface area (Å²) < 4.78 is 0. The molecule has 1 atom stereocenters. The maximum atomic E-state index is 9.28.